The molecule has 3 heteroatoms. The summed E-state index contributed by atoms with van der Waals surface area (Å²) in [4.78, 5) is 9.17. The Balaban J connectivity index is 1.83. The van der Waals surface area contributed by atoms with Crippen LogP contribution in [0.25, 0.3) is 0 Å². The van der Waals surface area contributed by atoms with E-state index in [0.29, 0.717) is 17.8 Å². The molecule has 0 aromatic carbocycles. The number of rotatable bonds is 8. The Morgan fingerprint density at radius 3 is 2.43 bits per heavy atom. The molecule has 0 amide bonds. The molecule has 0 aliphatic heterocycles. The van der Waals surface area contributed by atoms with Crippen molar-refractivity contribution in [3.8, 4) is 0 Å². The summed E-state index contributed by atoms with van der Waals surface area (Å²) in [5.74, 6) is 1.69. The predicted molar refractivity (Wildman–Crippen MR) is 100 cm³/mol. The van der Waals surface area contributed by atoms with Crippen LogP contribution in [0.15, 0.2) is 23.8 Å². The summed E-state index contributed by atoms with van der Waals surface area (Å²) in [6.45, 7) is 11.2. The molecule has 2 aromatic heterocycles. The molecule has 0 radical (unpaired) electrons. The summed E-state index contributed by atoms with van der Waals surface area (Å²) in [5.41, 5.74) is 4.00. The molecule has 2 nitrogen and oxygen atoms in total. The molecule has 2 aromatic rings. The van der Waals surface area contributed by atoms with E-state index in [1.807, 2.05) is 23.7 Å². The second kappa shape index (κ2) is 8.58. The van der Waals surface area contributed by atoms with Crippen LogP contribution >= 0.6 is 11.3 Å². The van der Waals surface area contributed by atoms with Gasteiger partial charge in [0.15, 0.2) is 0 Å². The highest BCUT2D eigenvalue weighted by Gasteiger charge is 2.13. The lowest BCUT2D eigenvalue weighted by Gasteiger charge is -2.14. The zero-order valence-corrected chi connectivity index (χ0v) is 16.0. The standard InChI is InChI=1S/C20H30N2S/c1-6-17-10-18(12-21-11-17)15(4)8-7-9-16(5)19-13-23-20(22-19)14(2)3/h10-16H,6-9H2,1-5H3/t15-,16?/m1/s1. The van der Waals surface area contributed by atoms with Gasteiger partial charge in [0.25, 0.3) is 0 Å². The van der Waals surface area contributed by atoms with Crippen molar-refractivity contribution in [2.24, 2.45) is 0 Å². The first-order valence-corrected chi connectivity index (χ1v) is 9.78. The minimum absolute atomic E-state index is 0.541. The number of aryl methyl sites for hydroxylation is 1. The number of aromatic nitrogens is 2. The van der Waals surface area contributed by atoms with Crippen LogP contribution in [-0.4, -0.2) is 9.97 Å². The summed E-state index contributed by atoms with van der Waals surface area (Å²) >= 11 is 1.81. The van der Waals surface area contributed by atoms with Crippen molar-refractivity contribution in [2.75, 3.05) is 0 Å². The molecular weight excluding hydrogens is 300 g/mol. The lowest BCUT2D eigenvalue weighted by atomic mass is 9.92. The second-order valence-electron chi connectivity index (χ2n) is 6.98. The Morgan fingerprint density at radius 2 is 1.78 bits per heavy atom. The molecule has 0 N–H and O–H groups in total. The highest BCUT2D eigenvalue weighted by atomic mass is 32.1. The van der Waals surface area contributed by atoms with Crippen LogP contribution in [0.5, 0.6) is 0 Å². The molecule has 0 fully saturated rings. The van der Waals surface area contributed by atoms with Gasteiger partial charge < -0.3 is 0 Å². The number of hydrogen-bond donors (Lipinski definition) is 0. The van der Waals surface area contributed by atoms with E-state index in [9.17, 15) is 0 Å². The van der Waals surface area contributed by atoms with Crippen LogP contribution in [0.4, 0.5) is 0 Å². The van der Waals surface area contributed by atoms with Gasteiger partial charge in [-0.25, -0.2) is 4.98 Å². The largest absolute Gasteiger partial charge is 0.264 e. The molecule has 0 bridgehead atoms. The maximum atomic E-state index is 4.80. The van der Waals surface area contributed by atoms with Crippen LogP contribution in [0, 0.1) is 0 Å². The van der Waals surface area contributed by atoms with Gasteiger partial charge in [-0.1, -0.05) is 47.1 Å². The zero-order chi connectivity index (χ0) is 16.8. The molecule has 0 spiro atoms. The molecule has 0 aliphatic carbocycles. The predicted octanol–water partition coefficient (Wildman–Crippen LogP) is 6.30. The molecule has 2 heterocycles. The molecule has 0 saturated carbocycles. The number of thiazole rings is 1. The lowest BCUT2D eigenvalue weighted by molar-refractivity contribution is 0.553. The van der Waals surface area contributed by atoms with E-state index in [-0.39, 0.29) is 0 Å². The maximum Gasteiger partial charge on any atom is 0.0953 e. The average molecular weight is 331 g/mol. The van der Waals surface area contributed by atoms with E-state index >= 15 is 0 Å². The minimum Gasteiger partial charge on any atom is -0.264 e. The topological polar surface area (TPSA) is 25.8 Å². The van der Waals surface area contributed by atoms with Crippen molar-refractivity contribution in [3.05, 3.63) is 45.7 Å². The SMILES string of the molecule is CCc1cncc([C@H](C)CCCC(C)c2csc(C(C)C)n2)c1. The van der Waals surface area contributed by atoms with Crippen molar-refractivity contribution in [2.45, 2.75) is 78.1 Å². The van der Waals surface area contributed by atoms with Crippen LogP contribution in [0.1, 0.15) is 93.5 Å². The Hall–Kier alpha value is -1.22. The Kier molecular flexibility index (Phi) is 6.76. The van der Waals surface area contributed by atoms with Gasteiger partial charge in [0.1, 0.15) is 0 Å². The minimum atomic E-state index is 0.541. The van der Waals surface area contributed by atoms with Gasteiger partial charge >= 0.3 is 0 Å². The van der Waals surface area contributed by atoms with Crippen molar-refractivity contribution < 1.29 is 0 Å². The van der Waals surface area contributed by atoms with E-state index in [2.05, 4.69) is 51.0 Å². The molecular formula is C20H30N2S. The fourth-order valence-corrected chi connectivity index (χ4v) is 3.76. The van der Waals surface area contributed by atoms with Gasteiger partial charge in [0.2, 0.25) is 0 Å². The van der Waals surface area contributed by atoms with Gasteiger partial charge in [0, 0.05) is 23.7 Å². The molecule has 0 aliphatic rings. The molecule has 1 unspecified atom stereocenters. The quantitative estimate of drug-likeness (QED) is 0.567. The molecule has 126 valence electrons. The first-order valence-electron chi connectivity index (χ1n) is 8.90. The fraction of sp³-hybridized carbons (Fsp3) is 0.600. The van der Waals surface area contributed by atoms with Gasteiger partial charge in [-0.05, 0) is 42.2 Å². The molecule has 23 heavy (non-hydrogen) atoms. The average Bonchev–Trinajstić information content (AvgIpc) is 3.05. The van der Waals surface area contributed by atoms with E-state index in [1.165, 1.54) is 41.1 Å². The van der Waals surface area contributed by atoms with Crippen molar-refractivity contribution in [1.29, 1.82) is 0 Å². The monoisotopic (exact) mass is 330 g/mol. The first kappa shape index (κ1) is 18.1. The Labute approximate surface area is 145 Å². The summed E-state index contributed by atoms with van der Waals surface area (Å²) in [7, 11) is 0. The number of nitrogens with zero attached hydrogens (tertiary/aromatic N) is 2. The van der Waals surface area contributed by atoms with Crippen molar-refractivity contribution in [1.82, 2.24) is 9.97 Å². The number of pyridine rings is 1. The van der Waals surface area contributed by atoms with Gasteiger partial charge in [-0.15, -0.1) is 11.3 Å². The lowest BCUT2D eigenvalue weighted by Crippen LogP contribution is -1.99. The van der Waals surface area contributed by atoms with Gasteiger partial charge in [0.05, 0.1) is 10.7 Å². The summed E-state index contributed by atoms with van der Waals surface area (Å²) in [5, 5.41) is 3.51. The third-order valence-corrected chi connectivity index (χ3v) is 5.77. The Morgan fingerprint density at radius 1 is 1.04 bits per heavy atom. The summed E-state index contributed by atoms with van der Waals surface area (Å²) in [6, 6.07) is 2.32. The third-order valence-electron chi connectivity index (χ3n) is 4.61. The summed E-state index contributed by atoms with van der Waals surface area (Å²) < 4.78 is 0. The van der Waals surface area contributed by atoms with E-state index in [4.69, 9.17) is 4.98 Å². The normalized spacial score (nSPS) is 14.2. The van der Waals surface area contributed by atoms with Crippen LogP contribution in [0.3, 0.4) is 0 Å². The van der Waals surface area contributed by atoms with E-state index in [1.54, 1.807) is 0 Å². The fourth-order valence-electron chi connectivity index (χ4n) is 2.81. The maximum absolute atomic E-state index is 4.80. The molecule has 2 rings (SSSR count). The number of hydrogen-bond acceptors (Lipinski definition) is 3. The summed E-state index contributed by atoms with van der Waals surface area (Å²) in [6.07, 6.45) is 8.75. The van der Waals surface area contributed by atoms with Crippen LogP contribution in [-0.2, 0) is 6.42 Å². The third kappa shape index (κ3) is 5.13. The second-order valence-corrected chi connectivity index (χ2v) is 7.87. The smallest absolute Gasteiger partial charge is 0.0953 e. The molecule has 2 atom stereocenters. The van der Waals surface area contributed by atoms with Crippen LogP contribution in [0.2, 0.25) is 0 Å². The zero-order valence-electron chi connectivity index (χ0n) is 15.2. The highest BCUT2D eigenvalue weighted by molar-refractivity contribution is 7.09. The van der Waals surface area contributed by atoms with Gasteiger partial charge in [-0.3, -0.25) is 4.98 Å². The Bertz CT molecular complexity index is 603. The molecule has 0 saturated heterocycles. The first-order chi connectivity index (χ1) is 11.0. The van der Waals surface area contributed by atoms with Gasteiger partial charge in [-0.2, -0.15) is 0 Å². The highest BCUT2D eigenvalue weighted by Crippen LogP contribution is 2.29. The van der Waals surface area contributed by atoms with Crippen molar-refractivity contribution >= 4 is 11.3 Å². The van der Waals surface area contributed by atoms with Crippen LogP contribution < -0.4 is 0 Å². The van der Waals surface area contributed by atoms with E-state index < -0.39 is 0 Å². The van der Waals surface area contributed by atoms with E-state index in [0.717, 1.165) is 6.42 Å². The van der Waals surface area contributed by atoms with Crippen molar-refractivity contribution in [3.63, 3.8) is 0 Å².